The number of nitrogens with zero attached hydrogens (tertiary/aromatic N) is 3. The molecule has 6 heteroatoms. The van der Waals surface area contributed by atoms with E-state index in [0.29, 0.717) is 13.2 Å². The van der Waals surface area contributed by atoms with Crippen molar-refractivity contribution in [2.24, 2.45) is 0 Å². The van der Waals surface area contributed by atoms with Gasteiger partial charge in [-0.15, -0.1) is 5.10 Å². The van der Waals surface area contributed by atoms with Crippen LogP contribution in [0, 0.1) is 0 Å². The first-order chi connectivity index (χ1) is 7.19. The minimum absolute atomic E-state index is 0.192. The van der Waals surface area contributed by atoms with E-state index >= 15 is 0 Å². The Bertz CT molecular complexity index is 324. The van der Waals surface area contributed by atoms with Crippen LogP contribution in [-0.4, -0.2) is 53.3 Å². The number of hydrogen-bond acceptors (Lipinski definition) is 4. The Morgan fingerprint density at radius 1 is 1.60 bits per heavy atom. The molecule has 1 rings (SSSR count). The van der Waals surface area contributed by atoms with E-state index in [1.165, 1.54) is 4.90 Å². The van der Waals surface area contributed by atoms with Gasteiger partial charge in [0.25, 0.3) is 5.91 Å². The van der Waals surface area contributed by atoms with Crippen LogP contribution in [0.25, 0.3) is 0 Å². The lowest BCUT2D eigenvalue weighted by atomic mass is 10.4. The minimum Gasteiger partial charge on any atom is -0.383 e. The molecule has 0 aliphatic heterocycles. The van der Waals surface area contributed by atoms with Crippen molar-refractivity contribution in [2.45, 2.75) is 13.3 Å². The highest BCUT2D eigenvalue weighted by molar-refractivity contribution is 5.90. The van der Waals surface area contributed by atoms with Crippen LogP contribution in [0.5, 0.6) is 0 Å². The summed E-state index contributed by atoms with van der Waals surface area (Å²) in [4.78, 5) is 17.3. The molecule has 1 amide bonds. The van der Waals surface area contributed by atoms with E-state index in [4.69, 9.17) is 4.74 Å². The first-order valence-corrected chi connectivity index (χ1v) is 4.84. The Balaban J connectivity index is 2.59. The predicted octanol–water partition coefficient (Wildman–Crippen LogP) is 0.0855. The molecule has 0 bridgehead atoms. The molecule has 0 fully saturated rings. The highest BCUT2D eigenvalue weighted by Crippen LogP contribution is 1.98. The molecule has 0 aliphatic carbocycles. The second-order valence-corrected chi connectivity index (χ2v) is 3.18. The summed E-state index contributed by atoms with van der Waals surface area (Å²) in [6.07, 6.45) is 0.738. The zero-order valence-electron chi connectivity index (χ0n) is 9.28. The van der Waals surface area contributed by atoms with Crippen molar-refractivity contribution in [3.63, 3.8) is 0 Å². The Morgan fingerprint density at radius 2 is 2.33 bits per heavy atom. The van der Waals surface area contributed by atoms with Gasteiger partial charge in [-0.05, 0) is 0 Å². The molecule has 15 heavy (non-hydrogen) atoms. The van der Waals surface area contributed by atoms with Gasteiger partial charge in [0.1, 0.15) is 5.82 Å². The van der Waals surface area contributed by atoms with Gasteiger partial charge in [0.05, 0.1) is 6.61 Å². The van der Waals surface area contributed by atoms with Crippen LogP contribution in [0.1, 0.15) is 23.4 Å². The molecular formula is C9H16N4O2. The van der Waals surface area contributed by atoms with Crippen molar-refractivity contribution in [2.75, 3.05) is 27.3 Å². The molecular weight excluding hydrogens is 196 g/mol. The number of ether oxygens (including phenoxy) is 1. The van der Waals surface area contributed by atoms with E-state index in [1.807, 2.05) is 6.92 Å². The number of H-pyrrole nitrogens is 1. The summed E-state index contributed by atoms with van der Waals surface area (Å²) in [5, 5.41) is 6.56. The van der Waals surface area contributed by atoms with Crippen LogP contribution >= 0.6 is 0 Å². The fraction of sp³-hybridized carbons (Fsp3) is 0.667. The van der Waals surface area contributed by atoms with E-state index in [9.17, 15) is 4.79 Å². The zero-order valence-corrected chi connectivity index (χ0v) is 9.28. The molecule has 0 radical (unpaired) electrons. The van der Waals surface area contributed by atoms with Gasteiger partial charge < -0.3 is 9.64 Å². The molecule has 0 atom stereocenters. The van der Waals surface area contributed by atoms with Crippen LogP contribution < -0.4 is 0 Å². The van der Waals surface area contributed by atoms with E-state index in [0.717, 1.165) is 12.2 Å². The minimum atomic E-state index is -0.192. The monoisotopic (exact) mass is 212 g/mol. The quantitative estimate of drug-likeness (QED) is 0.750. The van der Waals surface area contributed by atoms with Crippen molar-refractivity contribution >= 4 is 5.91 Å². The molecule has 0 unspecified atom stereocenters. The van der Waals surface area contributed by atoms with Gasteiger partial charge in [0.2, 0.25) is 5.82 Å². The Labute approximate surface area is 88.6 Å². The molecule has 0 saturated heterocycles. The topological polar surface area (TPSA) is 71.1 Å². The number of rotatable bonds is 5. The first-order valence-electron chi connectivity index (χ1n) is 4.84. The fourth-order valence-corrected chi connectivity index (χ4v) is 1.05. The number of aromatic amines is 1. The molecule has 0 aliphatic rings. The van der Waals surface area contributed by atoms with Crippen molar-refractivity contribution < 1.29 is 9.53 Å². The summed E-state index contributed by atoms with van der Waals surface area (Å²) in [6.45, 7) is 2.99. The van der Waals surface area contributed by atoms with Gasteiger partial charge in [0.15, 0.2) is 0 Å². The van der Waals surface area contributed by atoms with Crippen molar-refractivity contribution in [3.8, 4) is 0 Å². The lowest BCUT2D eigenvalue weighted by Gasteiger charge is -2.13. The number of methoxy groups -OCH3 is 1. The fourth-order valence-electron chi connectivity index (χ4n) is 1.05. The number of likely N-dealkylation sites (N-methyl/N-ethyl adjacent to an activating group) is 1. The summed E-state index contributed by atoms with van der Waals surface area (Å²) in [5.74, 6) is 0.743. The third-order valence-corrected chi connectivity index (χ3v) is 2.04. The summed E-state index contributed by atoms with van der Waals surface area (Å²) in [7, 11) is 3.30. The smallest absolute Gasteiger partial charge is 0.293 e. The SMILES string of the molecule is CCc1nc(C(=O)N(C)CCOC)n[nH]1. The van der Waals surface area contributed by atoms with Gasteiger partial charge in [-0.3, -0.25) is 9.89 Å². The molecule has 0 aromatic carbocycles. The highest BCUT2D eigenvalue weighted by atomic mass is 16.5. The number of amides is 1. The van der Waals surface area contributed by atoms with Crippen molar-refractivity contribution in [1.29, 1.82) is 0 Å². The third kappa shape index (κ3) is 3.02. The molecule has 1 aromatic rings. The molecule has 1 N–H and O–H groups in total. The van der Waals surface area contributed by atoms with Gasteiger partial charge in [-0.2, -0.15) is 0 Å². The molecule has 0 spiro atoms. The highest BCUT2D eigenvalue weighted by Gasteiger charge is 2.16. The number of carbonyl (C=O) groups is 1. The van der Waals surface area contributed by atoms with Crippen molar-refractivity contribution in [1.82, 2.24) is 20.1 Å². The molecule has 1 aromatic heterocycles. The summed E-state index contributed by atoms with van der Waals surface area (Å²) in [6, 6.07) is 0. The average molecular weight is 212 g/mol. The summed E-state index contributed by atoms with van der Waals surface area (Å²) >= 11 is 0. The number of nitrogens with one attached hydrogen (secondary N) is 1. The van der Waals surface area contributed by atoms with E-state index in [1.54, 1.807) is 14.2 Å². The summed E-state index contributed by atoms with van der Waals surface area (Å²) < 4.78 is 4.88. The van der Waals surface area contributed by atoms with Gasteiger partial charge in [-0.25, -0.2) is 4.98 Å². The van der Waals surface area contributed by atoms with Crippen LogP contribution in [0.2, 0.25) is 0 Å². The molecule has 84 valence electrons. The molecule has 6 nitrogen and oxygen atoms in total. The maximum atomic E-state index is 11.7. The Kier molecular flexibility index (Phi) is 4.23. The second kappa shape index (κ2) is 5.45. The van der Waals surface area contributed by atoms with Crippen molar-refractivity contribution in [3.05, 3.63) is 11.6 Å². The van der Waals surface area contributed by atoms with Crippen LogP contribution in [0.3, 0.4) is 0 Å². The number of aromatic nitrogens is 3. The number of carbonyl (C=O) groups excluding carboxylic acids is 1. The van der Waals surface area contributed by atoms with E-state index in [2.05, 4.69) is 15.2 Å². The first kappa shape index (κ1) is 11.6. The Hall–Kier alpha value is -1.43. The van der Waals surface area contributed by atoms with E-state index in [-0.39, 0.29) is 11.7 Å². The number of aryl methyl sites for hydroxylation is 1. The Morgan fingerprint density at radius 3 is 2.87 bits per heavy atom. The standard InChI is InChI=1S/C9H16N4O2/c1-4-7-10-8(12-11-7)9(14)13(2)5-6-15-3/h4-6H2,1-3H3,(H,10,11,12). The second-order valence-electron chi connectivity index (χ2n) is 3.18. The number of hydrogen-bond donors (Lipinski definition) is 1. The van der Waals surface area contributed by atoms with Crippen LogP contribution in [0.15, 0.2) is 0 Å². The normalized spacial score (nSPS) is 10.3. The summed E-state index contributed by atoms with van der Waals surface area (Å²) in [5.41, 5.74) is 0. The van der Waals surface area contributed by atoms with Gasteiger partial charge >= 0.3 is 0 Å². The molecule has 0 saturated carbocycles. The largest absolute Gasteiger partial charge is 0.383 e. The predicted molar refractivity (Wildman–Crippen MR) is 54.6 cm³/mol. The average Bonchev–Trinajstić information content (AvgIpc) is 2.73. The maximum absolute atomic E-state index is 11.7. The molecule has 1 heterocycles. The lowest BCUT2D eigenvalue weighted by molar-refractivity contribution is 0.0733. The third-order valence-electron chi connectivity index (χ3n) is 2.04. The lowest BCUT2D eigenvalue weighted by Crippen LogP contribution is -2.30. The van der Waals surface area contributed by atoms with Crippen LogP contribution in [-0.2, 0) is 11.2 Å². The van der Waals surface area contributed by atoms with Crippen LogP contribution in [0.4, 0.5) is 0 Å². The van der Waals surface area contributed by atoms with Gasteiger partial charge in [0, 0.05) is 27.1 Å². The zero-order chi connectivity index (χ0) is 11.3. The van der Waals surface area contributed by atoms with E-state index < -0.39 is 0 Å². The maximum Gasteiger partial charge on any atom is 0.293 e. The van der Waals surface area contributed by atoms with Gasteiger partial charge in [-0.1, -0.05) is 6.92 Å².